The molecule has 4 rings (SSSR count). The van der Waals surface area contributed by atoms with Crippen molar-refractivity contribution in [1.29, 1.82) is 0 Å². The highest BCUT2D eigenvalue weighted by Gasteiger charge is 2.44. The number of benzene rings is 2. The van der Waals surface area contributed by atoms with Crippen LogP contribution in [0.5, 0.6) is 0 Å². The van der Waals surface area contributed by atoms with E-state index in [1.807, 2.05) is 19.1 Å². The fourth-order valence-electron chi connectivity index (χ4n) is 4.14. The minimum atomic E-state index is -0.428. The molecule has 2 aromatic rings. The van der Waals surface area contributed by atoms with E-state index in [1.54, 1.807) is 30.3 Å². The molecule has 2 aliphatic rings. The van der Waals surface area contributed by atoms with Crippen LogP contribution in [0.2, 0.25) is 15.1 Å². The average Bonchev–Trinajstić information content (AvgIpc) is 3.00. The van der Waals surface area contributed by atoms with Crippen LogP contribution in [0, 0.1) is 5.92 Å². The van der Waals surface area contributed by atoms with Crippen LogP contribution in [0.1, 0.15) is 18.5 Å². The minimum absolute atomic E-state index is 0.0650. The maximum atomic E-state index is 13.6. The first-order chi connectivity index (χ1) is 14.3. The molecule has 2 heterocycles. The molecule has 0 radical (unpaired) electrons. The molecule has 158 valence electrons. The molecule has 0 bridgehead atoms. The van der Waals surface area contributed by atoms with E-state index in [2.05, 4.69) is 21.9 Å². The molecule has 2 atom stereocenters. The molecule has 1 fully saturated rings. The summed E-state index contributed by atoms with van der Waals surface area (Å²) in [5.41, 5.74) is 2.37. The largest absolute Gasteiger partial charge is 0.304 e. The zero-order valence-corrected chi connectivity index (χ0v) is 19.1. The van der Waals surface area contributed by atoms with Crippen molar-refractivity contribution in [1.82, 2.24) is 9.80 Å². The third-order valence-electron chi connectivity index (χ3n) is 5.78. The second-order valence-electron chi connectivity index (χ2n) is 7.80. The van der Waals surface area contributed by atoms with Crippen LogP contribution < -0.4 is 5.01 Å². The van der Waals surface area contributed by atoms with Gasteiger partial charge < -0.3 is 4.90 Å². The average molecular weight is 466 g/mol. The van der Waals surface area contributed by atoms with Gasteiger partial charge in [0.1, 0.15) is 0 Å². The van der Waals surface area contributed by atoms with Gasteiger partial charge in [-0.15, -0.1) is 0 Å². The molecule has 1 amide bonds. The molecule has 8 heteroatoms. The van der Waals surface area contributed by atoms with Crippen LogP contribution in [-0.4, -0.2) is 54.6 Å². The van der Waals surface area contributed by atoms with Crippen LogP contribution >= 0.6 is 34.8 Å². The molecule has 0 N–H and O–H groups in total. The van der Waals surface area contributed by atoms with E-state index in [4.69, 9.17) is 34.8 Å². The Hall–Kier alpha value is -1.63. The predicted molar refractivity (Wildman–Crippen MR) is 124 cm³/mol. The highest BCUT2D eigenvalue weighted by molar-refractivity contribution is 6.35. The summed E-state index contributed by atoms with van der Waals surface area (Å²) < 4.78 is 0. The summed E-state index contributed by atoms with van der Waals surface area (Å²) in [5.74, 6) is -0.493. The summed E-state index contributed by atoms with van der Waals surface area (Å²) in [5, 5.41) is 7.84. The Morgan fingerprint density at radius 1 is 0.967 bits per heavy atom. The van der Waals surface area contributed by atoms with Gasteiger partial charge in [-0.2, -0.15) is 5.10 Å². The molecule has 0 aliphatic carbocycles. The smallest absolute Gasteiger partial charge is 0.258 e. The lowest BCUT2D eigenvalue weighted by atomic mass is 9.87. The van der Waals surface area contributed by atoms with Gasteiger partial charge in [-0.25, -0.2) is 5.01 Å². The summed E-state index contributed by atoms with van der Waals surface area (Å²) in [6.07, 6.45) is 0. The number of carbonyl (C=O) groups excluding carboxylic acids is 1. The Morgan fingerprint density at radius 3 is 2.23 bits per heavy atom. The van der Waals surface area contributed by atoms with Crippen molar-refractivity contribution >= 4 is 52.1 Å². The van der Waals surface area contributed by atoms with Gasteiger partial charge in [-0.05, 0) is 55.9 Å². The van der Waals surface area contributed by atoms with Crippen LogP contribution in [-0.2, 0) is 4.79 Å². The maximum absolute atomic E-state index is 13.6. The maximum Gasteiger partial charge on any atom is 0.258 e. The Kier molecular flexibility index (Phi) is 6.37. The summed E-state index contributed by atoms with van der Waals surface area (Å²) in [6.45, 7) is 5.46. The summed E-state index contributed by atoms with van der Waals surface area (Å²) in [7, 11) is 2.11. The first-order valence-corrected chi connectivity index (χ1v) is 11.0. The number of rotatable bonds is 4. The molecule has 0 spiro atoms. The first kappa shape index (κ1) is 21.6. The van der Waals surface area contributed by atoms with Crippen LogP contribution in [0.15, 0.2) is 47.6 Å². The minimum Gasteiger partial charge on any atom is -0.304 e. The van der Waals surface area contributed by atoms with E-state index in [-0.39, 0.29) is 11.9 Å². The number of nitrogens with zero attached hydrogens (tertiary/aromatic N) is 4. The summed E-state index contributed by atoms with van der Waals surface area (Å²) >= 11 is 18.8. The number of anilines is 1. The van der Waals surface area contributed by atoms with Crippen molar-refractivity contribution in [2.45, 2.75) is 13.0 Å². The molecule has 0 aromatic heterocycles. The van der Waals surface area contributed by atoms with E-state index < -0.39 is 5.92 Å². The van der Waals surface area contributed by atoms with E-state index in [1.165, 1.54) is 5.01 Å². The second-order valence-corrected chi connectivity index (χ2v) is 9.08. The Bertz CT molecular complexity index is 971. The Balaban J connectivity index is 1.72. The normalized spacial score (nSPS) is 21.8. The molecular formula is C22H23Cl3N4O. The lowest BCUT2D eigenvalue weighted by Gasteiger charge is -2.40. The lowest BCUT2D eigenvalue weighted by molar-refractivity contribution is -0.121. The lowest BCUT2D eigenvalue weighted by Crippen LogP contribution is -2.49. The topological polar surface area (TPSA) is 39.2 Å². The van der Waals surface area contributed by atoms with Crippen LogP contribution in [0.4, 0.5) is 5.69 Å². The van der Waals surface area contributed by atoms with Crippen LogP contribution in [0.3, 0.4) is 0 Å². The van der Waals surface area contributed by atoms with Crippen LogP contribution in [0.25, 0.3) is 0 Å². The van der Waals surface area contributed by atoms with Gasteiger partial charge in [0.05, 0.1) is 23.4 Å². The highest BCUT2D eigenvalue weighted by atomic mass is 35.5. The van der Waals surface area contributed by atoms with Gasteiger partial charge in [-0.1, -0.05) is 40.9 Å². The van der Waals surface area contributed by atoms with Crippen molar-refractivity contribution < 1.29 is 4.79 Å². The predicted octanol–water partition coefficient (Wildman–Crippen LogP) is 4.97. The van der Waals surface area contributed by atoms with Crippen molar-refractivity contribution in [3.63, 3.8) is 0 Å². The molecule has 30 heavy (non-hydrogen) atoms. The number of halogens is 3. The number of piperazine rings is 1. The zero-order chi connectivity index (χ0) is 21.4. The number of amides is 1. The van der Waals surface area contributed by atoms with E-state index in [9.17, 15) is 4.79 Å². The number of hydrogen-bond donors (Lipinski definition) is 0. The fraction of sp³-hybridized carbons (Fsp3) is 0.364. The Labute approximate surface area is 191 Å². The van der Waals surface area contributed by atoms with E-state index in [0.717, 1.165) is 37.5 Å². The third-order valence-corrected chi connectivity index (χ3v) is 6.60. The van der Waals surface area contributed by atoms with Crippen molar-refractivity contribution in [3.8, 4) is 0 Å². The van der Waals surface area contributed by atoms with Gasteiger partial charge >= 0.3 is 0 Å². The van der Waals surface area contributed by atoms with Crippen molar-refractivity contribution in [2.75, 3.05) is 38.2 Å². The first-order valence-electron chi connectivity index (χ1n) is 9.87. The Morgan fingerprint density at radius 2 is 1.60 bits per heavy atom. The molecule has 5 nitrogen and oxygen atoms in total. The van der Waals surface area contributed by atoms with Gasteiger partial charge in [0.25, 0.3) is 5.91 Å². The summed E-state index contributed by atoms with van der Waals surface area (Å²) in [4.78, 5) is 18.2. The number of hydrogen-bond acceptors (Lipinski definition) is 4. The monoisotopic (exact) mass is 464 g/mol. The quantitative estimate of drug-likeness (QED) is 0.640. The zero-order valence-electron chi connectivity index (χ0n) is 16.9. The van der Waals surface area contributed by atoms with Gasteiger partial charge in [0, 0.05) is 41.2 Å². The van der Waals surface area contributed by atoms with E-state index >= 15 is 0 Å². The standard InChI is InChI=1S/C22H23Cl3N4O/c1-14-20(22(30)29(26-14)17-6-3-15(23)4-7-17)21(28-11-9-27(2)10-12-28)18-8-5-16(24)13-19(18)25/h3-8,13,20-21H,9-12H2,1-2H3. The third kappa shape index (κ3) is 4.23. The molecule has 1 saturated heterocycles. The molecule has 2 unspecified atom stereocenters. The molecule has 0 saturated carbocycles. The molecule has 2 aromatic carbocycles. The fourth-order valence-corrected chi connectivity index (χ4v) is 4.79. The number of hydrazone groups is 1. The van der Waals surface area contributed by atoms with E-state index in [0.29, 0.717) is 20.8 Å². The molecular weight excluding hydrogens is 443 g/mol. The number of likely N-dealkylation sites (N-methyl/N-ethyl adjacent to an activating group) is 1. The van der Waals surface area contributed by atoms with Crippen molar-refractivity contribution in [2.24, 2.45) is 11.0 Å². The summed E-state index contributed by atoms with van der Waals surface area (Å²) in [6, 6.07) is 12.4. The van der Waals surface area contributed by atoms with Gasteiger partial charge in [0.15, 0.2) is 0 Å². The SMILES string of the molecule is CC1=NN(c2ccc(Cl)cc2)C(=O)C1C(c1ccc(Cl)cc1Cl)N1CCN(C)CC1. The molecule has 2 aliphatic heterocycles. The van der Waals surface area contributed by atoms with Gasteiger partial charge in [0.2, 0.25) is 0 Å². The van der Waals surface area contributed by atoms with Gasteiger partial charge in [-0.3, -0.25) is 9.69 Å². The second kappa shape index (κ2) is 8.85. The van der Waals surface area contributed by atoms with Crippen molar-refractivity contribution in [3.05, 3.63) is 63.1 Å². The highest BCUT2D eigenvalue weighted by Crippen LogP contribution is 2.40. The number of carbonyl (C=O) groups is 1.